The number of rotatable bonds is 7. The Balaban J connectivity index is 2.16. The zero-order valence-electron chi connectivity index (χ0n) is 26.3. The number of fused-ring (bicyclic) bond motifs is 4. The van der Waals surface area contributed by atoms with Crippen molar-refractivity contribution in [1.29, 1.82) is 0 Å². The Morgan fingerprint density at radius 2 is 1.82 bits per heavy atom. The number of alkyl halides is 3. The van der Waals surface area contributed by atoms with Crippen LogP contribution in [0, 0.1) is 0 Å². The Hall–Kier alpha value is -2.97. The Morgan fingerprint density at radius 3 is 2.43 bits per heavy atom. The number of halogens is 4. The Kier molecular flexibility index (Phi) is 11.6. The van der Waals surface area contributed by atoms with Crippen LogP contribution in [0.1, 0.15) is 58.3 Å². The van der Waals surface area contributed by atoms with Crippen molar-refractivity contribution in [2.45, 2.75) is 103 Å². The van der Waals surface area contributed by atoms with Gasteiger partial charge in [0.2, 0.25) is 0 Å². The lowest BCUT2D eigenvalue weighted by molar-refractivity contribution is -0.144. The van der Waals surface area contributed by atoms with Crippen molar-refractivity contribution >= 4 is 43.2 Å². The predicted molar refractivity (Wildman–Crippen MR) is 167 cm³/mol. The molecule has 15 heteroatoms. The number of amides is 2. The number of carbonyl (C=O) groups excluding carboxylic acids is 2. The van der Waals surface area contributed by atoms with Crippen LogP contribution in [-0.4, -0.2) is 61.3 Å². The second-order valence-electron chi connectivity index (χ2n) is 13.0. The zero-order chi connectivity index (χ0) is 32.9. The van der Waals surface area contributed by atoms with Crippen LogP contribution < -0.4 is 16.0 Å². The summed E-state index contributed by atoms with van der Waals surface area (Å²) in [5.74, 6) is 0.388. The average Bonchev–Trinajstić information content (AvgIpc) is 3.20. The van der Waals surface area contributed by atoms with Crippen LogP contribution in [0.5, 0.6) is 0 Å². The maximum Gasteiger partial charge on any atom is 0.411 e. The summed E-state index contributed by atoms with van der Waals surface area (Å²) in [5, 5.41) is 8.10. The minimum absolute atomic E-state index is 0.0219. The SMILES string of the molecule is COC(=O)Nc1ccc2c(c1)N[C@H](C(F)(F)F)CCCC[C@H](NC(=O)OC(C)(C)C)c1nc-2c(Cl)n1COCC[Si](C)(C)C. The Morgan fingerprint density at radius 1 is 1.14 bits per heavy atom. The van der Waals surface area contributed by atoms with E-state index in [1.807, 2.05) is 0 Å². The number of imidazole rings is 1. The van der Waals surface area contributed by atoms with E-state index >= 15 is 0 Å². The van der Waals surface area contributed by atoms with Crippen molar-refractivity contribution in [2.24, 2.45) is 0 Å². The van der Waals surface area contributed by atoms with Gasteiger partial charge in [-0.05, 0) is 57.9 Å². The summed E-state index contributed by atoms with van der Waals surface area (Å²) >= 11 is 6.93. The van der Waals surface area contributed by atoms with Crippen LogP contribution in [0.4, 0.5) is 34.1 Å². The minimum Gasteiger partial charge on any atom is -0.453 e. The fraction of sp³-hybridized carbons (Fsp3) is 0.621. The smallest absolute Gasteiger partial charge is 0.411 e. The molecule has 44 heavy (non-hydrogen) atoms. The normalized spacial score (nSPS) is 17.8. The average molecular weight is 662 g/mol. The number of hydrogen-bond acceptors (Lipinski definition) is 7. The molecule has 10 nitrogen and oxygen atoms in total. The zero-order valence-corrected chi connectivity index (χ0v) is 28.0. The molecule has 1 aliphatic rings. The predicted octanol–water partition coefficient (Wildman–Crippen LogP) is 8.18. The van der Waals surface area contributed by atoms with E-state index in [1.54, 1.807) is 25.3 Å². The molecule has 0 saturated carbocycles. The fourth-order valence-corrected chi connectivity index (χ4v) is 5.61. The number of aromatic nitrogens is 2. The number of benzene rings is 1. The van der Waals surface area contributed by atoms with E-state index in [1.165, 1.54) is 25.3 Å². The molecule has 2 atom stereocenters. The highest BCUT2D eigenvalue weighted by Crippen LogP contribution is 2.40. The van der Waals surface area contributed by atoms with Gasteiger partial charge in [-0.15, -0.1) is 0 Å². The molecule has 1 aromatic heterocycles. The third kappa shape index (κ3) is 10.3. The van der Waals surface area contributed by atoms with Crippen LogP contribution >= 0.6 is 11.6 Å². The molecule has 2 amide bonds. The van der Waals surface area contributed by atoms with Crippen molar-refractivity contribution in [2.75, 3.05) is 24.4 Å². The van der Waals surface area contributed by atoms with Gasteiger partial charge in [-0.3, -0.25) is 9.88 Å². The summed E-state index contributed by atoms with van der Waals surface area (Å²) in [5.41, 5.74) is -0.0191. The quantitative estimate of drug-likeness (QED) is 0.202. The number of alkyl carbamates (subject to hydrolysis) is 1. The number of hydrogen-bond donors (Lipinski definition) is 3. The van der Waals surface area contributed by atoms with Gasteiger partial charge >= 0.3 is 18.4 Å². The van der Waals surface area contributed by atoms with Crippen LogP contribution in [0.2, 0.25) is 30.8 Å². The first-order valence-electron chi connectivity index (χ1n) is 14.5. The van der Waals surface area contributed by atoms with E-state index in [0.717, 1.165) is 6.04 Å². The summed E-state index contributed by atoms with van der Waals surface area (Å²) < 4.78 is 60.4. The van der Waals surface area contributed by atoms with Gasteiger partial charge in [0.1, 0.15) is 35.0 Å². The Bertz CT molecular complexity index is 1310. The molecule has 2 aromatic rings. The third-order valence-corrected chi connectivity index (χ3v) is 8.91. The maximum absolute atomic E-state index is 14.2. The largest absolute Gasteiger partial charge is 0.453 e. The second-order valence-corrected chi connectivity index (χ2v) is 19.0. The van der Waals surface area contributed by atoms with E-state index in [9.17, 15) is 22.8 Å². The van der Waals surface area contributed by atoms with Crippen molar-refractivity contribution in [3.8, 4) is 11.3 Å². The van der Waals surface area contributed by atoms with E-state index in [-0.39, 0.29) is 47.4 Å². The lowest BCUT2D eigenvalue weighted by Crippen LogP contribution is -2.37. The van der Waals surface area contributed by atoms with Gasteiger partial charge in [-0.1, -0.05) is 44.1 Å². The van der Waals surface area contributed by atoms with Crippen molar-refractivity contribution < 1.29 is 37.0 Å². The van der Waals surface area contributed by atoms with Gasteiger partial charge < -0.3 is 24.8 Å². The van der Waals surface area contributed by atoms with Gasteiger partial charge in [-0.25, -0.2) is 14.6 Å². The lowest BCUT2D eigenvalue weighted by Gasteiger charge is -2.26. The van der Waals surface area contributed by atoms with Crippen LogP contribution in [0.15, 0.2) is 18.2 Å². The van der Waals surface area contributed by atoms with Crippen molar-refractivity contribution in [3.63, 3.8) is 0 Å². The standard InChI is InChI=1S/C29H43ClF3N5O5Si/c1-28(2,3)43-27(40)36-20-10-8-9-11-22(29(31,32)33)35-21-16-18(34-26(39)41-4)12-13-19(21)23-24(30)38(25(20)37-23)17-42-14-15-44(5,6)7/h12-13,16,20,22,35H,8-11,14-15,17H2,1-7H3,(H,34,39)(H,36,40)/t20-,22-/m0/s1. The molecule has 1 aromatic carbocycles. The first-order chi connectivity index (χ1) is 20.4. The van der Waals surface area contributed by atoms with Gasteiger partial charge in [-0.2, -0.15) is 13.2 Å². The summed E-state index contributed by atoms with van der Waals surface area (Å²) in [6.45, 7) is 12.4. The molecular weight excluding hydrogens is 619 g/mol. The van der Waals surface area contributed by atoms with Gasteiger partial charge in [0, 0.05) is 31.6 Å². The number of nitrogens with zero attached hydrogens (tertiary/aromatic N) is 2. The molecule has 2 bridgehead atoms. The highest BCUT2D eigenvalue weighted by atomic mass is 35.5. The first-order valence-corrected chi connectivity index (χ1v) is 18.6. The van der Waals surface area contributed by atoms with Gasteiger partial charge in [0.25, 0.3) is 0 Å². The first kappa shape index (κ1) is 35.5. The van der Waals surface area contributed by atoms with Crippen LogP contribution in [-0.2, 0) is 20.9 Å². The maximum atomic E-state index is 14.2. The number of anilines is 2. The molecular formula is C29H43ClF3N5O5Si. The van der Waals surface area contributed by atoms with Crippen LogP contribution in [0.25, 0.3) is 11.3 Å². The molecule has 0 aliphatic carbocycles. The third-order valence-electron chi connectivity index (χ3n) is 6.82. The van der Waals surface area contributed by atoms with Gasteiger partial charge in [0.05, 0.1) is 13.2 Å². The number of carbonyl (C=O) groups is 2. The minimum atomic E-state index is -4.57. The molecule has 3 N–H and O–H groups in total. The summed E-state index contributed by atoms with van der Waals surface area (Å²) in [6, 6.07) is 2.71. The highest BCUT2D eigenvalue weighted by molar-refractivity contribution is 6.76. The monoisotopic (exact) mass is 661 g/mol. The Labute approximate surface area is 262 Å². The molecule has 0 radical (unpaired) electrons. The summed E-state index contributed by atoms with van der Waals surface area (Å²) in [4.78, 5) is 29.5. The fourth-order valence-electron chi connectivity index (χ4n) is 4.58. The molecule has 0 spiro atoms. The van der Waals surface area contributed by atoms with Crippen LogP contribution in [0.3, 0.4) is 0 Å². The summed E-state index contributed by atoms with van der Waals surface area (Å²) in [6.07, 6.45) is -5.41. The molecule has 0 unspecified atom stereocenters. The number of methoxy groups -OCH3 is 1. The topological polar surface area (TPSA) is 116 Å². The second kappa shape index (κ2) is 14.4. The van der Waals surface area contributed by atoms with E-state index in [0.29, 0.717) is 25.3 Å². The number of nitrogens with one attached hydrogen (secondary N) is 3. The molecule has 2 heterocycles. The molecule has 0 fully saturated rings. The molecule has 1 aliphatic heterocycles. The van der Waals surface area contributed by atoms with Crippen molar-refractivity contribution in [1.82, 2.24) is 14.9 Å². The van der Waals surface area contributed by atoms with E-state index in [2.05, 4.69) is 40.3 Å². The lowest BCUT2D eigenvalue weighted by atomic mass is 10.0. The van der Waals surface area contributed by atoms with Gasteiger partial charge in [0.15, 0.2) is 0 Å². The number of ether oxygens (including phenoxy) is 3. The molecule has 0 saturated heterocycles. The highest BCUT2D eigenvalue weighted by Gasteiger charge is 2.40. The van der Waals surface area contributed by atoms with Crippen molar-refractivity contribution in [3.05, 3.63) is 29.2 Å². The molecule has 246 valence electrons. The molecule has 3 rings (SSSR count). The summed E-state index contributed by atoms with van der Waals surface area (Å²) in [7, 11) is -0.214. The van der Waals surface area contributed by atoms with E-state index < -0.39 is 44.1 Å². The van der Waals surface area contributed by atoms with E-state index in [4.69, 9.17) is 26.1 Å².